The van der Waals surface area contributed by atoms with Crippen LogP contribution in [0.15, 0.2) is 18.3 Å². The summed E-state index contributed by atoms with van der Waals surface area (Å²) in [5.41, 5.74) is 4.06. The second-order valence-corrected chi connectivity index (χ2v) is 5.40. The molecule has 0 atom stereocenters. The second kappa shape index (κ2) is 4.24. The van der Waals surface area contributed by atoms with Gasteiger partial charge in [0.25, 0.3) is 5.91 Å². The van der Waals surface area contributed by atoms with Crippen LogP contribution in [-0.2, 0) is 0 Å². The Morgan fingerprint density at radius 2 is 2.22 bits per heavy atom. The van der Waals surface area contributed by atoms with Gasteiger partial charge in [-0.2, -0.15) is 0 Å². The molecule has 1 amide bonds. The van der Waals surface area contributed by atoms with Gasteiger partial charge in [0, 0.05) is 6.54 Å². The van der Waals surface area contributed by atoms with Gasteiger partial charge in [-0.1, -0.05) is 0 Å². The van der Waals surface area contributed by atoms with E-state index < -0.39 is 0 Å². The van der Waals surface area contributed by atoms with Gasteiger partial charge in [-0.3, -0.25) is 10.6 Å². The third kappa shape index (κ3) is 2.18. The van der Waals surface area contributed by atoms with Crippen LogP contribution in [0.3, 0.4) is 0 Å². The minimum Gasteiger partial charge on any atom is -0.350 e. The Hall–Kier alpha value is -1.62. The van der Waals surface area contributed by atoms with E-state index in [9.17, 15) is 4.79 Å². The predicted molar refractivity (Wildman–Crippen MR) is 68.8 cm³/mol. The molecule has 1 aromatic rings. The van der Waals surface area contributed by atoms with Crippen molar-refractivity contribution in [2.75, 3.05) is 12.0 Å². The number of hydrogen-bond acceptors (Lipinski definition) is 4. The van der Waals surface area contributed by atoms with Crippen LogP contribution in [-0.4, -0.2) is 17.4 Å². The lowest BCUT2D eigenvalue weighted by atomic mass is 10.0. The lowest BCUT2D eigenvalue weighted by Crippen LogP contribution is -2.31. The van der Waals surface area contributed by atoms with Crippen molar-refractivity contribution < 1.29 is 4.79 Å². The van der Waals surface area contributed by atoms with Crippen molar-refractivity contribution in [3.8, 4) is 0 Å². The molecule has 96 valence electrons. The number of rotatable bonds is 5. The standard InChI is InChI=1S/C13H18N4O/c14-17-10-3-4-11(15-7-10)12(18)16-8-13(5-6-13)9-1-2-9/h3-4,7,9,17H,1-2,5-6,8,14H2,(H,16,18). The number of carbonyl (C=O) groups excluding carboxylic acids is 1. The van der Waals surface area contributed by atoms with Gasteiger partial charge < -0.3 is 10.7 Å². The van der Waals surface area contributed by atoms with Gasteiger partial charge in [0.1, 0.15) is 5.69 Å². The van der Waals surface area contributed by atoms with Gasteiger partial charge >= 0.3 is 0 Å². The van der Waals surface area contributed by atoms with Crippen molar-refractivity contribution in [2.24, 2.45) is 17.2 Å². The first-order chi connectivity index (χ1) is 8.73. The third-order valence-corrected chi connectivity index (χ3v) is 4.10. The minimum absolute atomic E-state index is 0.0921. The summed E-state index contributed by atoms with van der Waals surface area (Å²) in [6.07, 6.45) is 6.77. The van der Waals surface area contributed by atoms with E-state index in [1.54, 1.807) is 18.3 Å². The Bertz CT molecular complexity index is 449. The summed E-state index contributed by atoms with van der Waals surface area (Å²) in [7, 11) is 0. The maximum atomic E-state index is 11.9. The second-order valence-electron chi connectivity index (χ2n) is 5.40. The Balaban J connectivity index is 1.57. The predicted octanol–water partition coefficient (Wildman–Crippen LogP) is 1.29. The molecule has 0 spiro atoms. The molecule has 0 bridgehead atoms. The lowest BCUT2D eigenvalue weighted by Gasteiger charge is -2.14. The zero-order valence-corrected chi connectivity index (χ0v) is 10.3. The third-order valence-electron chi connectivity index (χ3n) is 4.10. The van der Waals surface area contributed by atoms with E-state index in [1.165, 1.54) is 25.7 Å². The normalized spacial score (nSPS) is 20.3. The van der Waals surface area contributed by atoms with Gasteiger partial charge in [-0.05, 0) is 49.1 Å². The average Bonchev–Trinajstić information content (AvgIpc) is 3.28. The molecule has 0 aliphatic heterocycles. The van der Waals surface area contributed by atoms with E-state index in [4.69, 9.17) is 5.84 Å². The number of anilines is 1. The number of hydrogen-bond donors (Lipinski definition) is 3. The maximum Gasteiger partial charge on any atom is 0.269 e. The first kappa shape index (κ1) is 11.5. The summed E-state index contributed by atoms with van der Waals surface area (Å²) in [5.74, 6) is 6.01. The highest BCUT2D eigenvalue weighted by atomic mass is 16.1. The van der Waals surface area contributed by atoms with Gasteiger partial charge in [0.15, 0.2) is 0 Å². The minimum atomic E-state index is -0.0921. The molecule has 1 aromatic heterocycles. The van der Waals surface area contributed by atoms with Crippen molar-refractivity contribution >= 4 is 11.6 Å². The van der Waals surface area contributed by atoms with Gasteiger partial charge in [0.2, 0.25) is 0 Å². The van der Waals surface area contributed by atoms with Gasteiger partial charge in [0.05, 0.1) is 11.9 Å². The summed E-state index contributed by atoms with van der Waals surface area (Å²) in [6, 6.07) is 3.43. The fraction of sp³-hybridized carbons (Fsp3) is 0.538. The molecule has 4 N–H and O–H groups in total. The molecule has 2 saturated carbocycles. The number of nitrogens with zero attached hydrogens (tertiary/aromatic N) is 1. The molecule has 5 nitrogen and oxygen atoms in total. The van der Waals surface area contributed by atoms with Crippen molar-refractivity contribution in [2.45, 2.75) is 25.7 Å². The lowest BCUT2D eigenvalue weighted by molar-refractivity contribution is 0.0937. The van der Waals surface area contributed by atoms with Crippen molar-refractivity contribution in [3.05, 3.63) is 24.0 Å². The highest BCUT2D eigenvalue weighted by Gasteiger charge is 2.53. The van der Waals surface area contributed by atoms with Crippen molar-refractivity contribution in [1.29, 1.82) is 0 Å². The number of nitrogens with one attached hydrogen (secondary N) is 2. The Kier molecular flexibility index (Phi) is 2.70. The van der Waals surface area contributed by atoms with E-state index in [1.807, 2.05) is 0 Å². The topological polar surface area (TPSA) is 80.0 Å². The molecule has 2 aliphatic rings. The molecule has 1 heterocycles. The van der Waals surface area contributed by atoms with Crippen LogP contribution in [0.5, 0.6) is 0 Å². The number of nitrogens with two attached hydrogens (primary N) is 1. The van der Waals surface area contributed by atoms with E-state index >= 15 is 0 Å². The summed E-state index contributed by atoms with van der Waals surface area (Å²) in [4.78, 5) is 16.0. The van der Waals surface area contributed by atoms with Crippen LogP contribution in [0.25, 0.3) is 0 Å². The summed E-state index contributed by atoms with van der Waals surface area (Å²) >= 11 is 0. The Labute approximate surface area is 106 Å². The first-order valence-corrected chi connectivity index (χ1v) is 6.44. The summed E-state index contributed by atoms with van der Waals surface area (Å²) < 4.78 is 0. The number of amides is 1. The van der Waals surface area contributed by atoms with Crippen LogP contribution >= 0.6 is 0 Å². The van der Waals surface area contributed by atoms with Crippen molar-refractivity contribution in [1.82, 2.24) is 10.3 Å². The SMILES string of the molecule is NNc1ccc(C(=O)NCC2(C3CC3)CC2)nc1. The van der Waals surface area contributed by atoms with Crippen LogP contribution in [0.2, 0.25) is 0 Å². The largest absolute Gasteiger partial charge is 0.350 e. The zero-order valence-electron chi connectivity index (χ0n) is 10.3. The molecule has 3 rings (SSSR count). The van der Waals surface area contributed by atoms with E-state index in [0.29, 0.717) is 16.8 Å². The molecule has 0 radical (unpaired) electrons. The van der Waals surface area contributed by atoms with Gasteiger partial charge in [-0.15, -0.1) is 0 Å². The van der Waals surface area contributed by atoms with Crippen molar-refractivity contribution in [3.63, 3.8) is 0 Å². The monoisotopic (exact) mass is 246 g/mol. The molecule has 2 aliphatic carbocycles. The number of nitrogen functional groups attached to an aromatic ring is 1. The van der Waals surface area contributed by atoms with Crippen LogP contribution in [0, 0.1) is 11.3 Å². The molecule has 0 saturated heterocycles. The number of carbonyl (C=O) groups is 1. The molecular formula is C13H18N4O. The molecular weight excluding hydrogens is 228 g/mol. The molecule has 5 heteroatoms. The molecule has 18 heavy (non-hydrogen) atoms. The summed E-state index contributed by atoms with van der Waals surface area (Å²) in [6.45, 7) is 0.801. The maximum absolute atomic E-state index is 11.9. The molecule has 0 unspecified atom stereocenters. The quantitative estimate of drug-likeness (QED) is 0.540. The van der Waals surface area contributed by atoms with Crippen LogP contribution < -0.4 is 16.6 Å². The van der Waals surface area contributed by atoms with E-state index in [-0.39, 0.29) is 5.91 Å². The zero-order chi connectivity index (χ0) is 12.6. The average molecular weight is 246 g/mol. The Morgan fingerprint density at radius 3 is 2.72 bits per heavy atom. The first-order valence-electron chi connectivity index (χ1n) is 6.44. The fourth-order valence-electron chi connectivity index (χ4n) is 2.55. The van der Waals surface area contributed by atoms with Gasteiger partial charge in [-0.25, -0.2) is 4.98 Å². The number of aromatic nitrogens is 1. The smallest absolute Gasteiger partial charge is 0.269 e. The van der Waals surface area contributed by atoms with E-state index in [0.717, 1.165) is 12.5 Å². The van der Waals surface area contributed by atoms with Crippen LogP contribution in [0.1, 0.15) is 36.2 Å². The number of pyridine rings is 1. The number of hydrazine groups is 1. The molecule has 0 aromatic carbocycles. The highest BCUT2D eigenvalue weighted by molar-refractivity contribution is 5.92. The Morgan fingerprint density at radius 1 is 1.44 bits per heavy atom. The van der Waals surface area contributed by atoms with E-state index in [2.05, 4.69) is 15.7 Å². The molecule has 2 fully saturated rings. The van der Waals surface area contributed by atoms with Crippen LogP contribution in [0.4, 0.5) is 5.69 Å². The summed E-state index contributed by atoms with van der Waals surface area (Å²) in [5, 5.41) is 3.01. The fourth-order valence-corrected chi connectivity index (χ4v) is 2.55. The highest BCUT2D eigenvalue weighted by Crippen LogP contribution is 2.60.